The zero-order chi connectivity index (χ0) is 8.85. The van der Waals surface area contributed by atoms with E-state index in [-0.39, 0.29) is 0 Å². The minimum atomic E-state index is 0.902. The molecule has 0 atom stereocenters. The minimum Gasteiger partial charge on any atom is -0.501 e. The van der Waals surface area contributed by atoms with E-state index in [0.717, 1.165) is 17.0 Å². The topological polar surface area (TPSA) is 21.6 Å². The summed E-state index contributed by atoms with van der Waals surface area (Å²) in [6.07, 6.45) is 1.94. The first kappa shape index (κ1) is 9.95. The van der Waals surface area contributed by atoms with Crippen LogP contribution in [0.1, 0.15) is 20.8 Å². The normalized spacial score (nSPS) is 14.0. The number of hydrogen-bond acceptors (Lipinski definition) is 2. The van der Waals surface area contributed by atoms with Crippen LogP contribution in [-0.2, 0) is 4.74 Å². The van der Waals surface area contributed by atoms with Gasteiger partial charge in [-0.2, -0.15) is 0 Å². The maximum absolute atomic E-state index is 5.03. The van der Waals surface area contributed by atoms with E-state index in [2.05, 4.69) is 11.7 Å². The summed E-state index contributed by atoms with van der Waals surface area (Å²) in [5, 5.41) is 0. The van der Waals surface area contributed by atoms with Gasteiger partial charge < -0.3 is 4.74 Å². The highest BCUT2D eigenvalue weighted by atomic mass is 16.5. The molecule has 62 valence electrons. The lowest BCUT2D eigenvalue weighted by molar-refractivity contribution is 0.290. The van der Waals surface area contributed by atoms with Gasteiger partial charge in [0.1, 0.15) is 0 Å². The molecule has 0 saturated carbocycles. The summed E-state index contributed by atoms with van der Waals surface area (Å²) in [6.45, 7) is 9.22. The lowest BCUT2D eigenvalue weighted by Gasteiger charge is -2.01. The first-order chi connectivity index (χ1) is 5.11. The predicted octanol–water partition coefficient (Wildman–Crippen LogP) is 2.53. The van der Waals surface area contributed by atoms with Crippen molar-refractivity contribution in [2.24, 2.45) is 4.99 Å². The van der Waals surface area contributed by atoms with E-state index in [1.54, 1.807) is 7.11 Å². The highest BCUT2D eigenvalue weighted by Crippen LogP contribution is 2.08. The molecule has 0 heterocycles. The second-order valence-corrected chi connectivity index (χ2v) is 2.39. The van der Waals surface area contributed by atoms with E-state index in [1.165, 1.54) is 0 Å². The zero-order valence-electron chi connectivity index (χ0n) is 7.64. The minimum absolute atomic E-state index is 0.902. The Bertz CT molecular complexity index is 202. The first-order valence-corrected chi connectivity index (χ1v) is 3.48. The van der Waals surface area contributed by atoms with Crippen LogP contribution in [0, 0.1) is 0 Å². The molecule has 0 spiro atoms. The van der Waals surface area contributed by atoms with Crippen LogP contribution in [0.3, 0.4) is 0 Å². The van der Waals surface area contributed by atoms with Gasteiger partial charge in [-0.15, -0.1) is 0 Å². The fourth-order valence-corrected chi connectivity index (χ4v) is 0.622. The van der Waals surface area contributed by atoms with Gasteiger partial charge in [-0.05, 0) is 39.1 Å². The number of aliphatic imine (C=N–C) groups is 1. The van der Waals surface area contributed by atoms with E-state index < -0.39 is 0 Å². The molecule has 0 bridgehead atoms. The first-order valence-electron chi connectivity index (χ1n) is 3.48. The molecule has 0 N–H and O–H groups in total. The summed E-state index contributed by atoms with van der Waals surface area (Å²) >= 11 is 0. The number of methoxy groups -OCH3 is 1. The third-order valence-corrected chi connectivity index (χ3v) is 1.54. The summed E-state index contributed by atoms with van der Waals surface area (Å²) in [5.74, 6) is 0.910. The smallest absolute Gasteiger partial charge is 0.0954 e. The molecule has 0 saturated heterocycles. The average Bonchev–Trinajstić information content (AvgIpc) is 2.02. The molecule has 0 aromatic rings. The molecule has 0 aromatic heterocycles. The standard InChI is InChI=1S/C9H15NO/c1-7(9(3)11-5)6-8(2)10-4/h6H,4H2,1-3,5H3/b8-6-,9-7+. The van der Waals surface area contributed by atoms with Crippen molar-refractivity contribution in [3.8, 4) is 0 Å². The zero-order valence-corrected chi connectivity index (χ0v) is 7.64. The summed E-state index contributed by atoms with van der Waals surface area (Å²) in [5.41, 5.74) is 1.98. The van der Waals surface area contributed by atoms with Gasteiger partial charge in [0.25, 0.3) is 0 Å². The second kappa shape index (κ2) is 4.72. The maximum atomic E-state index is 5.03. The van der Waals surface area contributed by atoms with Crippen molar-refractivity contribution >= 4 is 6.72 Å². The van der Waals surface area contributed by atoms with Crippen molar-refractivity contribution in [1.29, 1.82) is 0 Å². The van der Waals surface area contributed by atoms with Gasteiger partial charge in [-0.3, -0.25) is 4.99 Å². The lowest BCUT2D eigenvalue weighted by Crippen LogP contribution is -1.84. The summed E-state index contributed by atoms with van der Waals surface area (Å²) in [4.78, 5) is 3.77. The molecule has 0 aliphatic carbocycles. The molecular weight excluding hydrogens is 138 g/mol. The van der Waals surface area contributed by atoms with E-state index in [1.807, 2.05) is 26.8 Å². The number of rotatable bonds is 3. The summed E-state index contributed by atoms with van der Waals surface area (Å²) in [7, 11) is 1.66. The predicted molar refractivity (Wildman–Crippen MR) is 48.7 cm³/mol. The number of nitrogens with zero attached hydrogens (tertiary/aromatic N) is 1. The van der Waals surface area contributed by atoms with Crippen LogP contribution in [0.5, 0.6) is 0 Å². The second-order valence-electron chi connectivity index (χ2n) is 2.39. The molecule has 0 rings (SSSR count). The van der Waals surface area contributed by atoms with Crippen LogP contribution in [0.25, 0.3) is 0 Å². The van der Waals surface area contributed by atoms with Crippen molar-refractivity contribution in [1.82, 2.24) is 0 Å². The van der Waals surface area contributed by atoms with Gasteiger partial charge in [0, 0.05) is 5.70 Å². The van der Waals surface area contributed by atoms with Gasteiger partial charge in [0.05, 0.1) is 12.9 Å². The van der Waals surface area contributed by atoms with Crippen molar-refractivity contribution < 1.29 is 4.74 Å². The summed E-state index contributed by atoms with van der Waals surface area (Å²) in [6, 6.07) is 0. The molecular formula is C9H15NO. The van der Waals surface area contributed by atoms with E-state index in [9.17, 15) is 0 Å². The maximum Gasteiger partial charge on any atom is 0.0954 e. The molecule has 0 aliphatic rings. The highest BCUT2D eigenvalue weighted by Gasteiger charge is 1.91. The Labute approximate surface area is 68.3 Å². The molecule has 2 nitrogen and oxygen atoms in total. The summed E-state index contributed by atoms with van der Waals surface area (Å²) < 4.78 is 5.03. The van der Waals surface area contributed by atoms with Crippen molar-refractivity contribution in [3.63, 3.8) is 0 Å². The average molecular weight is 153 g/mol. The van der Waals surface area contributed by atoms with Crippen LogP contribution in [0.2, 0.25) is 0 Å². The largest absolute Gasteiger partial charge is 0.501 e. The quantitative estimate of drug-likeness (QED) is 0.347. The Morgan fingerprint density at radius 3 is 2.27 bits per heavy atom. The molecule has 0 radical (unpaired) electrons. The third kappa shape index (κ3) is 3.61. The molecule has 11 heavy (non-hydrogen) atoms. The molecule has 2 heteroatoms. The lowest BCUT2D eigenvalue weighted by atomic mass is 10.2. The van der Waals surface area contributed by atoms with Crippen LogP contribution in [-0.4, -0.2) is 13.8 Å². The van der Waals surface area contributed by atoms with E-state index >= 15 is 0 Å². The number of ether oxygens (including phenoxy) is 1. The molecule has 0 unspecified atom stereocenters. The SMILES string of the molecule is C=N/C(C)=C\C(C)=C(/C)OC. The van der Waals surface area contributed by atoms with Crippen LogP contribution in [0.4, 0.5) is 0 Å². The highest BCUT2D eigenvalue weighted by molar-refractivity contribution is 5.31. The Morgan fingerprint density at radius 1 is 1.36 bits per heavy atom. The Balaban J connectivity index is 4.49. The molecule has 0 fully saturated rings. The van der Waals surface area contributed by atoms with Gasteiger partial charge in [-0.1, -0.05) is 0 Å². The Kier molecular flexibility index (Phi) is 4.27. The fraction of sp³-hybridized carbons (Fsp3) is 0.444. The van der Waals surface area contributed by atoms with Gasteiger partial charge >= 0.3 is 0 Å². The van der Waals surface area contributed by atoms with Crippen molar-refractivity contribution in [3.05, 3.63) is 23.1 Å². The van der Waals surface area contributed by atoms with Gasteiger partial charge in [0.2, 0.25) is 0 Å². The fourth-order valence-electron chi connectivity index (χ4n) is 0.622. The Morgan fingerprint density at radius 2 is 1.91 bits per heavy atom. The van der Waals surface area contributed by atoms with Crippen molar-refractivity contribution in [2.45, 2.75) is 20.8 Å². The van der Waals surface area contributed by atoms with Crippen molar-refractivity contribution in [2.75, 3.05) is 7.11 Å². The molecule has 0 amide bonds. The van der Waals surface area contributed by atoms with E-state index in [0.29, 0.717) is 0 Å². The number of hydrogen-bond donors (Lipinski definition) is 0. The van der Waals surface area contributed by atoms with Crippen LogP contribution < -0.4 is 0 Å². The number of allylic oxidation sites excluding steroid dienone is 4. The molecule has 0 aliphatic heterocycles. The Hall–Kier alpha value is -1.05. The van der Waals surface area contributed by atoms with Gasteiger partial charge in [-0.25, -0.2) is 0 Å². The monoisotopic (exact) mass is 153 g/mol. The van der Waals surface area contributed by atoms with E-state index in [4.69, 9.17) is 4.74 Å². The third-order valence-electron chi connectivity index (χ3n) is 1.54. The molecule has 0 aromatic carbocycles. The van der Waals surface area contributed by atoms with Gasteiger partial charge in [0.15, 0.2) is 0 Å². The van der Waals surface area contributed by atoms with Crippen LogP contribution >= 0.6 is 0 Å². The van der Waals surface area contributed by atoms with Crippen LogP contribution in [0.15, 0.2) is 28.1 Å².